The third kappa shape index (κ3) is 3.29. The van der Waals surface area contributed by atoms with Crippen molar-refractivity contribution in [3.63, 3.8) is 0 Å². The Morgan fingerprint density at radius 1 is 1.57 bits per heavy atom. The first-order valence-corrected chi connectivity index (χ1v) is 5.47. The van der Waals surface area contributed by atoms with Crippen LogP contribution in [0.3, 0.4) is 0 Å². The van der Waals surface area contributed by atoms with E-state index in [1.807, 2.05) is 0 Å². The molecule has 14 heavy (non-hydrogen) atoms. The Balaban J connectivity index is 2.39. The van der Waals surface area contributed by atoms with E-state index in [0.717, 1.165) is 19.3 Å². The summed E-state index contributed by atoms with van der Waals surface area (Å²) < 4.78 is 4.78. The van der Waals surface area contributed by atoms with Crippen LogP contribution < -0.4 is 5.32 Å². The van der Waals surface area contributed by atoms with E-state index in [0.29, 0.717) is 0 Å². The van der Waals surface area contributed by atoms with Gasteiger partial charge in [-0.2, -0.15) is 0 Å². The van der Waals surface area contributed by atoms with Crippen molar-refractivity contribution < 1.29 is 9.53 Å². The standard InChI is InChI=1S/C11H21NO2/c1-4-5-6-9(10(13)14-3)12-11(2)7-8-11/h9,12H,4-8H2,1-3H3. The van der Waals surface area contributed by atoms with Gasteiger partial charge in [-0.15, -0.1) is 0 Å². The van der Waals surface area contributed by atoms with E-state index in [4.69, 9.17) is 4.74 Å². The van der Waals surface area contributed by atoms with Crippen molar-refractivity contribution in [2.75, 3.05) is 7.11 Å². The zero-order valence-electron chi connectivity index (χ0n) is 9.43. The second kappa shape index (κ2) is 4.78. The maximum atomic E-state index is 11.4. The maximum Gasteiger partial charge on any atom is 0.322 e. The number of carbonyl (C=O) groups excluding carboxylic acids is 1. The summed E-state index contributed by atoms with van der Waals surface area (Å²) in [7, 11) is 1.46. The molecule has 1 aliphatic carbocycles. The van der Waals surface area contributed by atoms with E-state index in [1.165, 1.54) is 20.0 Å². The normalized spacial score (nSPS) is 20.2. The molecule has 0 aromatic rings. The van der Waals surface area contributed by atoms with Crippen LogP contribution >= 0.6 is 0 Å². The van der Waals surface area contributed by atoms with Crippen LogP contribution in [0.15, 0.2) is 0 Å². The zero-order valence-corrected chi connectivity index (χ0v) is 9.43. The molecule has 0 spiro atoms. The number of esters is 1. The SMILES string of the molecule is CCCCC(NC1(C)CC1)C(=O)OC. The molecule has 3 heteroatoms. The van der Waals surface area contributed by atoms with Crippen LogP contribution in [0.2, 0.25) is 0 Å². The van der Waals surface area contributed by atoms with Crippen LogP contribution in [0.4, 0.5) is 0 Å². The number of ether oxygens (including phenoxy) is 1. The van der Waals surface area contributed by atoms with Gasteiger partial charge in [-0.3, -0.25) is 10.1 Å². The van der Waals surface area contributed by atoms with Gasteiger partial charge >= 0.3 is 5.97 Å². The second-order valence-corrected chi connectivity index (χ2v) is 4.42. The monoisotopic (exact) mass is 199 g/mol. The molecule has 3 nitrogen and oxygen atoms in total. The van der Waals surface area contributed by atoms with Crippen LogP contribution in [0, 0.1) is 0 Å². The molecule has 1 saturated carbocycles. The maximum absolute atomic E-state index is 11.4. The first kappa shape index (κ1) is 11.5. The number of rotatable bonds is 6. The number of methoxy groups -OCH3 is 1. The molecule has 0 heterocycles. The van der Waals surface area contributed by atoms with E-state index < -0.39 is 0 Å². The lowest BCUT2D eigenvalue weighted by molar-refractivity contribution is -0.143. The predicted octanol–water partition coefficient (Wildman–Crippen LogP) is 1.86. The van der Waals surface area contributed by atoms with Gasteiger partial charge in [0.05, 0.1) is 7.11 Å². The third-order valence-electron chi connectivity index (χ3n) is 2.85. The molecule has 0 aliphatic heterocycles. The fourth-order valence-electron chi connectivity index (χ4n) is 1.55. The van der Waals surface area contributed by atoms with Crippen molar-refractivity contribution in [2.45, 2.75) is 57.5 Å². The van der Waals surface area contributed by atoms with Crippen molar-refractivity contribution in [1.29, 1.82) is 0 Å². The molecule has 1 aliphatic rings. The molecule has 0 aromatic carbocycles. The van der Waals surface area contributed by atoms with Crippen LogP contribution in [0.5, 0.6) is 0 Å². The summed E-state index contributed by atoms with van der Waals surface area (Å²) in [5.41, 5.74) is 0.201. The third-order valence-corrected chi connectivity index (χ3v) is 2.85. The fraction of sp³-hybridized carbons (Fsp3) is 0.909. The van der Waals surface area contributed by atoms with Crippen molar-refractivity contribution in [3.05, 3.63) is 0 Å². The van der Waals surface area contributed by atoms with E-state index in [-0.39, 0.29) is 17.6 Å². The Kier molecular flexibility index (Phi) is 3.93. The molecule has 1 fully saturated rings. The summed E-state index contributed by atoms with van der Waals surface area (Å²) in [6.07, 6.45) is 5.42. The van der Waals surface area contributed by atoms with E-state index >= 15 is 0 Å². The highest BCUT2D eigenvalue weighted by atomic mass is 16.5. The highest BCUT2D eigenvalue weighted by Gasteiger charge is 2.40. The molecular formula is C11H21NO2. The zero-order chi connectivity index (χ0) is 10.6. The van der Waals surface area contributed by atoms with E-state index in [2.05, 4.69) is 19.2 Å². The average Bonchev–Trinajstić information content (AvgIpc) is 2.90. The average molecular weight is 199 g/mol. The smallest absolute Gasteiger partial charge is 0.322 e. The van der Waals surface area contributed by atoms with Gasteiger partial charge in [0.15, 0.2) is 0 Å². The van der Waals surface area contributed by atoms with Crippen molar-refractivity contribution >= 4 is 5.97 Å². The summed E-state index contributed by atoms with van der Waals surface area (Å²) >= 11 is 0. The minimum atomic E-state index is -0.119. The number of carbonyl (C=O) groups is 1. The number of nitrogens with one attached hydrogen (secondary N) is 1. The van der Waals surface area contributed by atoms with Crippen LogP contribution in [0.1, 0.15) is 46.0 Å². The first-order valence-electron chi connectivity index (χ1n) is 5.47. The molecule has 1 unspecified atom stereocenters. The summed E-state index contributed by atoms with van der Waals surface area (Å²) in [6, 6.07) is -0.104. The molecule has 82 valence electrons. The first-order chi connectivity index (χ1) is 6.61. The van der Waals surface area contributed by atoms with E-state index in [1.54, 1.807) is 0 Å². The van der Waals surface area contributed by atoms with Crippen molar-refractivity contribution in [1.82, 2.24) is 5.32 Å². The summed E-state index contributed by atoms with van der Waals surface area (Å²) in [5.74, 6) is -0.119. The van der Waals surface area contributed by atoms with Gasteiger partial charge in [-0.1, -0.05) is 19.8 Å². The van der Waals surface area contributed by atoms with Crippen LogP contribution in [0.25, 0.3) is 0 Å². The fourth-order valence-corrected chi connectivity index (χ4v) is 1.55. The van der Waals surface area contributed by atoms with Gasteiger partial charge in [0.25, 0.3) is 0 Å². The Morgan fingerprint density at radius 2 is 2.21 bits per heavy atom. The molecular weight excluding hydrogens is 178 g/mol. The van der Waals surface area contributed by atoms with Gasteiger partial charge in [-0.05, 0) is 26.2 Å². The lowest BCUT2D eigenvalue weighted by Gasteiger charge is -2.20. The second-order valence-electron chi connectivity index (χ2n) is 4.42. The van der Waals surface area contributed by atoms with Gasteiger partial charge in [0, 0.05) is 5.54 Å². The lowest BCUT2D eigenvalue weighted by Crippen LogP contribution is -2.44. The largest absolute Gasteiger partial charge is 0.468 e. The van der Waals surface area contributed by atoms with Gasteiger partial charge < -0.3 is 4.74 Å². The Labute approximate surface area is 86.2 Å². The minimum Gasteiger partial charge on any atom is -0.468 e. The summed E-state index contributed by atoms with van der Waals surface area (Å²) in [4.78, 5) is 11.4. The van der Waals surface area contributed by atoms with Crippen molar-refractivity contribution in [3.8, 4) is 0 Å². The highest BCUT2D eigenvalue weighted by Crippen LogP contribution is 2.35. The van der Waals surface area contributed by atoms with Gasteiger partial charge in [-0.25, -0.2) is 0 Å². The van der Waals surface area contributed by atoms with Crippen LogP contribution in [-0.2, 0) is 9.53 Å². The summed E-state index contributed by atoms with van der Waals surface area (Å²) in [5, 5.41) is 3.38. The predicted molar refractivity (Wildman–Crippen MR) is 56.1 cm³/mol. The highest BCUT2D eigenvalue weighted by molar-refractivity contribution is 5.75. The molecule has 0 radical (unpaired) electrons. The Bertz CT molecular complexity index is 199. The summed E-state index contributed by atoms with van der Waals surface area (Å²) in [6.45, 7) is 4.29. The number of hydrogen-bond acceptors (Lipinski definition) is 3. The molecule has 0 bridgehead atoms. The Hall–Kier alpha value is -0.570. The molecule has 0 aromatic heterocycles. The molecule has 1 rings (SSSR count). The van der Waals surface area contributed by atoms with Crippen molar-refractivity contribution in [2.24, 2.45) is 0 Å². The molecule has 1 N–H and O–H groups in total. The lowest BCUT2D eigenvalue weighted by atomic mass is 10.1. The quantitative estimate of drug-likeness (QED) is 0.664. The molecule has 0 amide bonds. The van der Waals surface area contributed by atoms with Crippen LogP contribution in [-0.4, -0.2) is 24.7 Å². The number of hydrogen-bond donors (Lipinski definition) is 1. The topological polar surface area (TPSA) is 38.3 Å². The van der Waals surface area contributed by atoms with Gasteiger partial charge in [0.1, 0.15) is 6.04 Å². The van der Waals surface area contributed by atoms with Gasteiger partial charge in [0.2, 0.25) is 0 Å². The minimum absolute atomic E-state index is 0.104. The molecule has 0 saturated heterocycles. The molecule has 1 atom stereocenters. The number of unbranched alkanes of at least 4 members (excludes halogenated alkanes) is 1. The van der Waals surface area contributed by atoms with E-state index in [9.17, 15) is 4.79 Å². The Morgan fingerprint density at radius 3 is 2.64 bits per heavy atom.